The van der Waals surface area contributed by atoms with Crippen LogP contribution < -0.4 is 5.32 Å². The number of hydrogen-bond donors (Lipinski definition) is 2. The number of benzene rings is 2. The van der Waals surface area contributed by atoms with E-state index in [-0.39, 0.29) is 11.7 Å². The number of halogens is 1. The van der Waals surface area contributed by atoms with Gasteiger partial charge in [0.2, 0.25) is 0 Å². The van der Waals surface area contributed by atoms with E-state index in [4.69, 9.17) is 11.6 Å². The van der Waals surface area contributed by atoms with E-state index in [9.17, 15) is 9.90 Å². The van der Waals surface area contributed by atoms with E-state index in [0.29, 0.717) is 23.6 Å². The number of nitrogens with zero attached hydrogens (tertiary/aromatic N) is 1. The largest absolute Gasteiger partial charge is 0.508 e. The Kier molecular flexibility index (Phi) is 4.26. The SMILES string of the molecule is Cn1cc(CCNC(=O)c2ccccc2Cl)c2cc(O)ccc21. The van der Waals surface area contributed by atoms with Crippen LogP contribution in [0.25, 0.3) is 10.9 Å². The van der Waals surface area contributed by atoms with Gasteiger partial charge in [-0.1, -0.05) is 23.7 Å². The standard InChI is InChI=1S/C18H17ClN2O2/c1-21-11-12(15-10-13(22)6-7-17(15)21)8-9-20-18(23)14-4-2-3-5-16(14)19/h2-7,10-11,22H,8-9H2,1H3,(H,20,23). The van der Waals surface area contributed by atoms with Gasteiger partial charge in [-0.3, -0.25) is 4.79 Å². The predicted octanol–water partition coefficient (Wildman–Crippen LogP) is 3.51. The fourth-order valence-corrected chi connectivity index (χ4v) is 2.93. The third-order valence-electron chi connectivity index (χ3n) is 3.85. The van der Waals surface area contributed by atoms with Crippen molar-refractivity contribution >= 4 is 28.4 Å². The van der Waals surface area contributed by atoms with Gasteiger partial charge in [-0.15, -0.1) is 0 Å². The number of amides is 1. The Bertz CT molecular complexity index is 871. The van der Waals surface area contributed by atoms with Crippen LogP contribution in [0.4, 0.5) is 0 Å². The van der Waals surface area contributed by atoms with Crippen molar-refractivity contribution in [1.29, 1.82) is 0 Å². The van der Waals surface area contributed by atoms with Crippen LogP contribution >= 0.6 is 11.6 Å². The number of aromatic hydroxyl groups is 1. The molecule has 4 nitrogen and oxygen atoms in total. The van der Waals surface area contributed by atoms with Gasteiger partial charge >= 0.3 is 0 Å². The first-order valence-corrected chi connectivity index (χ1v) is 7.73. The van der Waals surface area contributed by atoms with E-state index < -0.39 is 0 Å². The number of carbonyl (C=O) groups excluding carboxylic acids is 1. The van der Waals surface area contributed by atoms with Gasteiger partial charge in [0.25, 0.3) is 5.91 Å². The molecule has 1 aromatic heterocycles. The molecule has 118 valence electrons. The number of phenolic OH excluding ortho intramolecular Hbond substituents is 1. The first-order valence-electron chi connectivity index (χ1n) is 7.36. The molecule has 0 radical (unpaired) electrons. The molecule has 0 unspecified atom stereocenters. The molecule has 0 atom stereocenters. The van der Waals surface area contributed by atoms with Crippen molar-refractivity contribution in [3.8, 4) is 5.75 Å². The lowest BCUT2D eigenvalue weighted by Gasteiger charge is -2.06. The van der Waals surface area contributed by atoms with Gasteiger partial charge < -0.3 is 15.0 Å². The quantitative estimate of drug-likeness (QED) is 0.770. The molecular weight excluding hydrogens is 312 g/mol. The topological polar surface area (TPSA) is 54.3 Å². The highest BCUT2D eigenvalue weighted by atomic mass is 35.5. The third-order valence-corrected chi connectivity index (χ3v) is 4.18. The van der Waals surface area contributed by atoms with Crippen molar-refractivity contribution in [3.63, 3.8) is 0 Å². The molecule has 0 spiro atoms. The van der Waals surface area contributed by atoms with Crippen molar-refractivity contribution in [2.45, 2.75) is 6.42 Å². The van der Waals surface area contributed by atoms with Crippen LogP contribution in [0.2, 0.25) is 5.02 Å². The van der Waals surface area contributed by atoms with Crippen LogP contribution in [0.1, 0.15) is 15.9 Å². The average Bonchev–Trinajstić information content (AvgIpc) is 2.83. The molecule has 0 fully saturated rings. The van der Waals surface area contributed by atoms with Crippen LogP contribution in [-0.2, 0) is 13.5 Å². The maximum absolute atomic E-state index is 12.1. The maximum Gasteiger partial charge on any atom is 0.252 e. The normalized spacial score (nSPS) is 10.9. The molecular formula is C18H17ClN2O2. The Balaban J connectivity index is 1.71. The number of nitrogens with one attached hydrogen (secondary N) is 1. The van der Waals surface area contributed by atoms with Crippen LogP contribution in [0, 0.1) is 0 Å². The highest BCUT2D eigenvalue weighted by Gasteiger charge is 2.10. The molecule has 2 N–H and O–H groups in total. The zero-order valence-electron chi connectivity index (χ0n) is 12.7. The number of aryl methyl sites for hydroxylation is 1. The second-order valence-corrected chi connectivity index (χ2v) is 5.86. The van der Waals surface area contributed by atoms with Gasteiger partial charge in [-0.2, -0.15) is 0 Å². The summed E-state index contributed by atoms with van der Waals surface area (Å²) in [4.78, 5) is 12.1. The predicted molar refractivity (Wildman–Crippen MR) is 92.1 cm³/mol. The van der Waals surface area contributed by atoms with Crippen molar-refractivity contribution < 1.29 is 9.90 Å². The number of aromatic nitrogens is 1. The molecule has 5 heteroatoms. The zero-order valence-corrected chi connectivity index (χ0v) is 13.5. The molecule has 3 aromatic rings. The first-order chi connectivity index (χ1) is 11.1. The van der Waals surface area contributed by atoms with Crippen molar-refractivity contribution in [2.24, 2.45) is 7.05 Å². The second-order valence-electron chi connectivity index (χ2n) is 5.45. The van der Waals surface area contributed by atoms with Crippen LogP contribution in [0.15, 0.2) is 48.7 Å². The van der Waals surface area contributed by atoms with Gasteiger partial charge in [0.1, 0.15) is 5.75 Å². The summed E-state index contributed by atoms with van der Waals surface area (Å²) in [5.74, 6) is 0.0590. The van der Waals surface area contributed by atoms with Crippen LogP contribution in [0.3, 0.4) is 0 Å². The highest BCUT2D eigenvalue weighted by Crippen LogP contribution is 2.25. The van der Waals surface area contributed by atoms with Gasteiger partial charge in [-0.05, 0) is 42.3 Å². The second kappa shape index (κ2) is 6.34. The Morgan fingerprint density at radius 2 is 2.04 bits per heavy atom. The monoisotopic (exact) mass is 328 g/mol. The lowest BCUT2D eigenvalue weighted by Crippen LogP contribution is -2.25. The Morgan fingerprint density at radius 3 is 2.83 bits per heavy atom. The van der Waals surface area contributed by atoms with Crippen LogP contribution in [-0.4, -0.2) is 22.1 Å². The summed E-state index contributed by atoms with van der Waals surface area (Å²) >= 11 is 6.02. The Hall–Kier alpha value is -2.46. The van der Waals surface area contributed by atoms with E-state index in [1.165, 1.54) is 0 Å². The van der Waals surface area contributed by atoms with E-state index in [2.05, 4.69) is 5.32 Å². The van der Waals surface area contributed by atoms with Crippen molar-refractivity contribution in [1.82, 2.24) is 9.88 Å². The van der Waals surface area contributed by atoms with Gasteiger partial charge in [-0.25, -0.2) is 0 Å². The number of carbonyl (C=O) groups is 1. The molecule has 23 heavy (non-hydrogen) atoms. The van der Waals surface area contributed by atoms with E-state index in [1.54, 1.807) is 36.4 Å². The van der Waals surface area contributed by atoms with Crippen molar-refractivity contribution in [3.05, 3.63) is 64.8 Å². The molecule has 0 aliphatic rings. The minimum absolute atomic E-state index is 0.182. The Labute approximate surface area is 139 Å². The smallest absolute Gasteiger partial charge is 0.252 e. The van der Waals surface area contributed by atoms with E-state index in [0.717, 1.165) is 16.5 Å². The summed E-state index contributed by atoms with van der Waals surface area (Å²) in [7, 11) is 1.96. The summed E-state index contributed by atoms with van der Waals surface area (Å²) in [6, 6.07) is 12.3. The molecule has 3 rings (SSSR count). The third kappa shape index (κ3) is 3.17. The highest BCUT2D eigenvalue weighted by molar-refractivity contribution is 6.33. The molecule has 0 saturated carbocycles. The molecule has 0 saturated heterocycles. The number of hydrogen-bond acceptors (Lipinski definition) is 2. The van der Waals surface area contributed by atoms with Crippen molar-refractivity contribution in [2.75, 3.05) is 6.54 Å². The fraction of sp³-hybridized carbons (Fsp3) is 0.167. The molecule has 1 amide bonds. The van der Waals surface area contributed by atoms with Gasteiger partial charge in [0.05, 0.1) is 10.6 Å². The van der Waals surface area contributed by atoms with Gasteiger partial charge in [0.15, 0.2) is 0 Å². The van der Waals surface area contributed by atoms with Crippen LogP contribution in [0.5, 0.6) is 5.75 Å². The number of phenols is 1. The minimum atomic E-state index is -0.182. The number of rotatable bonds is 4. The molecule has 0 aliphatic heterocycles. The summed E-state index contributed by atoms with van der Waals surface area (Å²) < 4.78 is 2.01. The fourth-order valence-electron chi connectivity index (χ4n) is 2.71. The van der Waals surface area contributed by atoms with Gasteiger partial charge in [0, 0.05) is 30.7 Å². The summed E-state index contributed by atoms with van der Waals surface area (Å²) in [6.07, 6.45) is 2.70. The molecule has 0 aliphatic carbocycles. The van der Waals surface area contributed by atoms with E-state index in [1.807, 2.05) is 23.9 Å². The Morgan fingerprint density at radius 1 is 1.26 bits per heavy atom. The summed E-state index contributed by atoms with van der Waals surface area (Å²) in [6.45, 7) is 0.499. The summed E-state index contributed by atoms with van der Waals surface area (Å²) in [5.41, 5.74) is 2.61. The van der Waals surface area contributed by atoms with E-state index >= 15 is 0 Å². The lowest BCUT2D eigenvalue weighted by molar-refractivity contribution is 0.0954. The lowest BCUT2D eigenvalue weighted by atomic mass is 10.1. The first kappa shape index (κ1) is 15.4. The molecule has 2 aromatic carbocycles. The maximum atomic E-state index is 12.1. The average molecular weight is 329 g/mol. The zero-order chi connectivity index (χ0) is 16.4. The molecule has 0 bridgehead atoms. The summed E-state index contributed by atoms with van der Waals surface area (Å²) in [5, 5.41) is 14.0. The number of fused-ring (bicyclic) bond motifs is 1. The minimum Gasteiger partial charge on any atom is -0.508 e. The molecule has 1 heterocycles.